The summed E-state index contributed by atoms with van der Waals surface area (Å²) in [6.07, 6.45) is -12.3. The van der Waals surface area contributed by atoms with Crippen molar-refractivity contribution in [3.05, 3.63) is 11.7 Å². The molecule has 0 saturated carbocycles. The fraction of sp³-hybridized carbons (Fsp3) is 0.714. The van der Waals surface area contributed by atoms with Crippen LogP contribution >= 0.6 is 0 Å². The Morgan fingerprint density at radius 3 is 1.53 bits per heavy atom. The van der Waals surface area contributed by atoms with E-state index in [1.165, 1.54) is 0 Å². The van der Waals surface area contributed by atoms with Gasteiger partial charge in [-0.05, 0) is 6.92 Å². The van der Waals surface area contributed by atoms with E-state index in [2.05, 4.69) is 4.74 Å². The van der Waals surface area contributed by atoms with Gasteiger partial charge >= 0.3 is 18.2 Å². The number of allylic oxidation sites excluding steroid dienone is 1. The normalized spacial score (nSPS) is 18.7. The summed E-state index contributed by atoms with van der Waals surface area (Å²) in [6, 6.07) is 0. The molecule has 0 aromatic rings. The zero-order valence-corrected chi connectivity index (χ0v) is 8.02. The first-order chi connectivity index (χ1) is 7.38. The molecule has 0 aliphatic heterocycles. The molecule has 0 rings (SSSR count). The van der Waals surface area contributed by atoms with Crippen LogP contribution < -0.4 is 0 Å². The van der Waals surface area contributed by atoms with E-state index in [1.54, 1.807) is 0 Å². The largest absolute Gasteiger partial charge is 0.455 e. The van der Waals surface area contributed by atoms with E-state index in [0.29, 0.717) is 0 Å². The van der Waals surface area contributed by atoms with Crippen LogP contribution in [-0.4, -0.2) is 24.8 Å². The van der Waals surface area contributed by atoms with Gasteiger partial charge in [-0.1, -0.05) is 0 Å². The van der Waals surface area contributed by atoms with Crippen LogP contribution in [0.3, 0.4) is 0 Å². The monoisotopic (exact) mass is 276 g/mol. The smallest absolute Gasteiger partial charge is 0.334 e. The number of alkyl halides is 7. The van der Waals surface area contributed by atoms with E-state index in [0.717, 1.165) is 6.92 Å². The highest BCUT2D eigenvalue weighted by Gasteiger charge is 2.64. The number of rotatable bonds is 3. The molecule has 0 aromatic carbocycles. The van der Waals surface area contributed by atoms with Gasteiger partial charge in [0.05, 0.1) is 0 Å². The maximum absolute atomic E-state index is 13.0. The summed E-state index contributed by atoms with van der Waals surface area (Å²) in [5.41, 5.74) is 0. The molecule has 0 N–H and O–H groups in total. The third kappa shape index (κ3) is 3.27. The highest BCUT2D eigenvalue weighted by molar-refractivity contribution is 5.16. The van der Waals surface area contributed by atoms with E-state index in [4.69, 9.17) is 0 Å². The molecule has 0 fully saturated rings. The lowest BCUT2D eigenvalue weighted by atomic mass is 10.2. The third-order valence-corrected chi connectivity index (χ3v) is 1.43. The highest BCUT2D eigenvalue weighted by Crippen LogP contribution is 2.45. The van der Waals surface area contributed by atoms with Crippen LogP contribution in [0.15, 0.2) is 11.7 Å². The molecule has 17 heavy (non-hydrogen) atoms. The Bertz CT molecular complexity index is 301. The Morgan fingerprint density at radius 2 is 1.29 bits per heavy atom. The van der Waals surface area contributed by atoms with E-state index < -0.39 is 36.5 Å². The molecule has 0 aromatic heterocycles. The summed E-state index contributed by atoms with van der Waals surface area (Å²) in [5, 5.41) is 0. The molecule has 10 heteroatoms. The lowest BCUT2D eigenvalue weighted by Crippen LogP contribution is -2.45. The quantitative estimate of drug-likeness (QED) is 0.709. The Balaban J connectivity index is 5.67. The Hall–Kier alpha value is -0.930. The number of halogens is 9. The van der Waals surface area contributed by atoms with Crippen LogP contribution in [0.1, 0.15) is 6.92 Å². The Kier molecular flexibility index (Phi) is 4.49. The van der Waals surface area contributed by atoms with Gasteiger partial charge in [0.2, 0.25) is 11.7 Å². The van der Waals surface area contributed by atoms with Crippen molar-refractivity contribution in [3.8, 4) is 0 Å². The minimum absolute atomic E-state index is 0.763. The molecule has 0 bridgehead atoms. The van der Waals surface area contributed by atoms with Gasteiger partial charge in [-0.3, -0.25) is 0 Å². The molecule has 102 valence electrons. The van der Waals surface area contributed by atoms with Crippen molar-refractivity contribution in [2.75, 3.05) is 6.61 Å². The predicted molar refractivity (Wildman–Crippen MR) is 36.8 cm³/mol. The number of ether oxygens (including phenoxy) is 1. The topological polar surface area (TPSA) is 9.23 Å². The average Bonchev–Trinajstić information content (AvgIpc) is 2.12. The minimum Gasteiger partial charge on any atom is -0.334 e. The van der Waals surface area contributed by atoms with E-state index >= 15 is 0 Å². The van der Waals surface area contributed by atoms with Gasteiger partial charge in [0.1, 0.15) is 0 Å². The van der Waals surface area contributed by atoms with Gasteiger partial charge in [-0.15, -0.1) is 0 Å². The molecule has 0 spiro atoms. The molecule has 0 saturated heterocycles. The number of hydrogen-bond acceptors (Lipinski definition) is 1. The fourth-order valence-electron chi connectivity index (χ4n) is 0.734. The average molecular weight is 276 g/mol. The van der Waals surface area contributed by atoms with Crippen LogP contribution in [-0.2, 0) is 4.74 Å². The standard InChI is InChI=1S/C7H5F9O/c1-2-17-5(10,7(14,15)16)3(8)4(9)6(11,12)13/h2H2,1H3/b4-3+. The molecular weight excluding hydrogens is 271 g/mol. The lowest BCUT2D eigenvalue weighted by Gasteiger charge is -2.26. The Labute approximate surface area is 88.8 Å². The molecule has 0 heterocycles. The van der Waals surface area contributed by atoms with Gasteiger partial charge in [0.15, 0.2) is 0 Å². The molecule has 0 aliphatic rings. The first kappa shape index (κ1) is 16.1. The van der Waals surface area contributed by atoms with Gasteiger partial charge in [-0.2, -0.15) is 35.1 Å². The van der Waals surface area contributed by atoms with E-state index in [1.807, 2.05) is 0 Å². The van der Waals surface area contributed by atoms with Crippen LogP contribution in [0.4, 0.5) is 39.5 Å². The first-order valence-corrected chi connectivity index (χ1v) is 3.90. The van der Waals surface area contributed by atoms with Gasteiger partial charge in [0, 0.05) is 6.61 Å². The van der Waals surface area contributed by atoms with Gasteiger partial charge < -0.3 is 4.74 Å². The summed E-state index contributed by atoms with van der Waals surface area (Å²) in [6.45, 7) is -0.354. The van der Waals surface area contributed by atoms with Crippen molar-refractivity contribution in [2.24, 2.45) is 0 Å². The van der Waals surface area contributed by atoms with E-state index in [9.17, 15) is 39.5 Å². The van der Waals surface area contributed by atoms with Gasteiger partial charge in [-0.25, -0.2) is 4.39 Å². The van der Waals surface area contributed by atoms with Crippen molar-refractivity contribution < 1.29 is 44.3 Å². The molecule has 1 nitrogen and oxygen atoms in total. The fourth-order valence-corrected chi connectivity index (χ4v) is 0.734. The minimum atomic E-state index is -6.18. The summed E-state index contributed by atoms with van der Waals surface area (Å²) < 4.78 is 112. The third-order valence-electron chi connectivity index (χ3n) is 1.43. The van der Waals surface area contributed by atoms with Crippen molar-refractivity contribution in [3.63, 3.8) is 0 Å². The van der Waals surface area contributed by atoms with Crippen molar-refractivity contribution in [1.82, 2.24) is 0 Å². The highest BCUT2D eigenvalue weighted by atomic mass is 19.4. The lowest BCUT2D eigenvalue weighted by molar-refractivity contribution is -0.321. The van der Waals surface area contributed by atoms with Crippen molar-refractivity contribution in [1.29, 1.82) is 0 Å². The summed E-state index contributed by atoms with van der Waals surface area (Å²) >= 11 is 0. The summed E-state index contributed by atoms with van der Waals surface area (Å²) in [4.78, 5) is 0. The molecular formula is C7H5F9O. The first-order valence-electron chi connectivity index (χ1n) is 3.90. The SMILES string of the molecule is CCOC(F)(/C(F)=C(\F)C(F)(F)F)C(F)(F)F. The van der Waals surface area contributed by atoms with Crippen LogP contribution in [0.5, 0.6) is 0 Å². The van der Waals surface area contributed by atoms with Gasteiger partial charge in [0.25, 0.3) is 0 Å². The second-order valence-electron chi connectivity index (χ2n) is 2.65. The van der Waals surface area contributed by atoms with Crippen LogP contribution in [0.2, 0.25) is 0 Å². The molecule has 0 aliphatic carbocycles. The van der Waals surface area contributed by atoms with E-state index in [-0.39, 0.29) is 0 Å². The molecule has 0 radical (unpaired) electrons. The van der Waals surface area contributed by atoms with Crippen LogP contribution in [0, 0.1) is 0 Å². The number of hydrogen-bond donors (Lipinski definition) is 0. The maximum Gasteiger partial charge on any atom is 0.455 e. The van der Waals surface area contributed by atoms with Crippen LogP contribution in [0.25, 0.3) is 0 Å². The summed E-state index contributed by atoms with van der Waals surface area (Å²) in [5.74, 6) is -13.0. The second-order valence-corrected chi connectivity index (χ2v) is 2.65. The molecule has 1 atom stereocenters. The molecule has 0 amide bonds. The maximum atomic E-state index is 13.0. The zero-order chi connectivity index (χ0) is 14.1. The predicted octanol–water partition coefficient (Wildman–Crippen LogP) is 3.96. The van der Waals surface area contributed by atoms with Crippen molar-refractivity contribution in [2.45, 2.75) is 25.1 Å². The zero-order valence-electron chi connectivity index (χ0n) is 8.02. The second kappa shape index (κ2) is 4.75. The molecule has 1 unspecified atom stereocenters. The van der Waals surface area contributed by atoms with Crippen molar-refractivity contribution >= 4 is 0 Å². The Morgan fingerprint density at radius 1 is 0.882 bits per heavy atom. The summed E-state index contributed by atoms with van der Waals surface area (Å²) in [7, 11) is 0.